The highest BCUT2D eigenvalue weighted by atomic mass is 35.5. The molecule has 0 amide bonds. The Morgan fingerprint density at radius 3 is 2.57 bits per heavy atom. The van der Waals surface area contributed by atoms with E-state index in [1.54, 1.807) is 17.8 Å². The molecule has 0 aliphatic carbocycles. The molecule has 1 rings (SSSR count). The average Bonchev–Trinajstić information content (AvgIpc) is 2.19. The highest BCUT2D eigenvalue weighted by Gasteiger charge is 2.07. The molecule has 0 bridgehead atoms. The summed E-state index contributed by atoms with van der Waals surface area (Å²) < 4.78 is 0. The summed E-state index contributed by atoms with van der Waals surface area (Å²) in [5.74, 6) is 0. The molecule has 0 radical (unpaired) electrons. The molecule has 1 atom stereocenters. The molecule has 0 aliphatic rings. The second-order valence-electron chi connectivity index (χ2n) is 2.91. The van der Waals surface area contributed by atoms with E-state index in [1.165, 1.54) is 0 Å². The third-order valence-electron chi connectivity index (χ3n) is 1.85. The fourth-order valence-electron chi connectivity index (χ4n) is 0.992. The van der Waals surface area contributed by atoms with Crippen LogP contribution in [0.1, 0.15) is 13.3 Å². The summed E-state index contributed by atoms with van der Waals surface area (Å²) in [5, 5.41) is 10.4. The van der Waals surface area contributed by atoms with Gasteiger partial charge in [-0.3, -0.25) is 0 Å². The van der Waals surface area contributed by atoms with Crippen molar-refractivity contribution >= 4 is 35.0 Å². The minimum Gasteiger partial charge on any atom is -0.395 e. The third-order valence-corrected chi connectivity index (χ3v) is 3.93. The zero-order valence-corrected chi connectivity index (χ0v) is 10.2. The number of aliphatic hydroxyl groups excluding tert-OH is 1. The van der Waals surface area contributed by atoms with Crippen molar-refractivity contribution in [3.8, 4) is 0 Å². The number of aliphatic hydroxyl groups is 1. The lowest BCUT2D eigenvalue weighted by Crippen LogP contribution is -2.05. The van der Waals surface area contributed by atoms with Crippen LogP contribution in [0.25, 0.3) is 0 Å². The van der Waals surface area contributed by atoms with Gasteiger partial charge in [-0.05, 0) is 24.6 Å². The van der Waals surface area contributed by atoms with Gasteiger partial charge >= 0.3 is 0 Å². The Labute approximate surface area is 98.4 Å². The first-order valence-electron chi connectivity index (χ1n) is 4.40. The standard InChI is InChI=1S/C10H12Cl2OS/c1-2-7(6-13)14-8-3-4-9(11)10(12)5-8/h3-5,7,13H,2,6H2,1H3. The van der Waals surface area contributed by atoms with E-state index >= 15 is 0 Å². The molecular formula is C10H12Cl2OS. The summed E-state index contributed by atoms with van der Waals surface area (Å²) in [4.78, 5) is 1.04. The van der Waals surface area contributed by atoms with Crippen LogP contribution in [0.3, 0.4) is 0 Å². The van der Waals surface area contributed by atoms with E-state index in [1.807, 2.05) is 19.1 Å². The zero-order chi connectivity index (χ0) is 10.6. The number of hydrogen-bond donors (Lipinski definition) is 1. The van der Waals surface area contributed by atoms with Crippen LogP contribution >= 0.6 is 35.0 Å². The molecule has 0 heterocycles. The topological polar surface area (TPSA) is 20.2 Å². The van der Waals surface area contributed by atoms with Crippen LogP contribution in [-0.4, -0.2) is 17.0 Å². The van der Waals surface area contributed by atoms with Crippen molar-refractivity contribution in [3.63, 3.8) is 0 Å². The largest absolute Gasteiger partial charge is 0.395 e. The van der Waals surface area contributed by atoms with Crippen LogP contribution in [0.15, 0.2) is 23.1 Å². The van der Waals surface area contributed by atoms with Gasteiger partial charge in [0.1, 0.15) is 0 Å². The van der Waals surface area contributed by atoms with E-state index in [9.17, 15) is 0 Å². The Morgan fingerprint density at radius 2 is 2.07 bits per heavy atom. The van der Waals surface area contributed by atoms with Gasteiger partial charge in [0, 0.05) is 10.1 Å². The molecule has 0 aliphatic heterocycles. The van der Waals surface area contributed by atoms with Gasteiger partial charge < -0.3 is 5.11 Å². The van der Waals surface area contributed by atoms with Crippen LogP contribution in [0.2, 0.25) is 10.0 Å². The van der Waals surface area contributed by atoms with Crippen LogP contribution in [0, 0.1) is 0 Å². The molecule has 0 saturated carbocycles. The molecule has 1 N–H and O–H groups in total. The fourth-order valence-corrected chi connectivity index (χ4v) is 2.31. The monoisotopic (exact) mass is 250 g/mol. The van der Waals surface area contributed by atoms with Gasteiger partial charge in [0.2, 0.25) is 0 Å². The predicted octanol–water partition coefficient (Wildman–Crippen LogP) is 3.86. The lowest BCUT2D eigenvalue weighted by Gasteiger charge is -2.11. The van der Waals surface area contributed by atoms with Crippen LogP contribution in [0.4, 0.5) is 0 Å². The number of halogens is 2. The lowest BCUT2D eigenvalue weighted by molar-refractivity contribution is 0.292. The summed E-state index contributed by atoms with van der Waals surface area (Å²) >= 11 is 13.3. The summed E-state index contributed by atoms with van der Waals surface area (Å²) in [6.07, 6.45) is 0.932. The lowest BCUT2D eigenvalue weighted by atomic mass is 10.3. The first-order chi connectivity index (χ1) is 6.67. The number of rotatable bonds is 4. The Morgan fingerprint density at radius 1 is 1.36 bits per heavy atom. The highest BCUT2D eigenvalue weighted by molar-refractivity contribution is 8.00. The van der Waals surface area contributed by atoms with E-state index in [4.69, 9.17) is 28.3 Å². The molecule has 0 fully saturated rings. The maximum atomic E-state index is 9.03. The molecule has 0 saturated heterocycles. The molecular weight excluding hydrogens is 239 g/mol. The van der Waals surface area contributed by atoms with E-state index in [0.717, 1.165) is 11.3 Å². The smallest absolute Gasteiger partial charge is 0.0603 e. The van der Waals surface area contributed by atoms with Crippen molar-refractivity contribution in [2.24, 2.45) is 0 Å². The number of benzene rings is 1. The second-order valence-corrected chi connectivity index (χ2v) is 5.09. The van der Waals surface area contributed by atoms with Crippen molar-refractivity contribution in [1.29, 1.82) is 0 Å². The summed E-state index contributed by atoms with van der Waals surface area (Å²) in [5.41, 5.74) is 0. The minimum atomic E-state index is 0.182. The van der Waals surface area contributed by atoms with E-state index < -0.39 is 0 Å². The number of hydrogen-bond acceptors (Lipinski definition) is 2. The van der Waals surface area contributed by atoms with Gasteiger partial charge in [-0.1, -0.05) is 30.1 Å². The zero-order valence-electron chi connectivity index (χ0n) is 7.84. The Balaban J connectivity index is 2.72. The summed E-state index contributed by atoms with van der Waals surface area (Å²) in [6, 6.07) is 5.51. The fraction of sp³-hybridized carbons (Fsp3) is 0.400. The minimum absolute atomic E-state index is 0.182. The molecule has 14 heavy (non-hydrogen) atoms. The quantitative estimate of drug-likeness (QED) is 0.820. The molecule has 78 valence electrons. The first-order valence-corrected chi connectivity index (χ1v) is 6.03. The van der Waals surface area contributed by atoms with Gasteiger partial charge in [0.25, 0.3) is 0 Å². The van der Waals surface area contributed by atoms with Crippen LogP contribution in [0.5, 0.6) is 0 Å². The number of thioether (sulfide) groups is 1. The van der Waals surface area contributed by atoms with Gasteiger partial charge in [-0.25, -0.2) is 0 Å². The molecule has 1 nitrogen and oxygen atoms in total. The van der Waals surface area contributed by atoms with E-state index in [-0.39, 0.29) is 11.9 Å². The molecule has 0 spiro atoms. The molecule has 1 unspecified atom stereocenters. The highest BCUT2D eigenvalue weighted by Crippen LogP contribution is 2.30. The predicted molar refractivity (Wildman–Crippen MR) is 63.5 cm³/mol. The molecule has 0 aromatic heterocycles. The Bertz CT molecular complexity index is 300. The van der Waals surface area contributed by atoms with Gasteiger partial charge in [0.05, 0.1) is 16.7 Å². The maximum Gasteiger partial charge on any atom is 0.0603 e. The molecule has 1 aromatic carbocycles. The summed E-state index contributed by atoms with van der Waals surface area (Å²) in [6.45, 7) is 2.23. The van der Waals surface area contributed by atoms with Gasteiger partial charge in [-0.15, -0.1) is 11.8 Å². The van der Waals surface area contributed by atoms with Crippen molar-refractivity contribution in [3.05, 3.63) is 28.2 Å². The van der Waals surface area contributed by atoms with Crippen molar-refractivity contribution in [1.82, 2.24) is 0 Å². The van der Waals surface area contributed by atoms with Crippen LogP contribution in [-0.2, 0) is 0 Å². The normalized spacial score (nSPS) is 12.9. The van der Waals surface area contributed by atoms with Crippen molar-refractivity contribution in [2.75, 3.05) is 6.61 Å². The van der Waals surface area contributed by atoms with Gasteiger partial charge in [0.15, 0.2) is 0 Å². The molecule has 1 aromatic rings. The van der Waals surface area contributed by atoms with Crippen molar-refractivity contribution < 1.29 is 5.11 Å². The Kier molecular flexibility index (Phi) is 5.10. The van der Waals surface area contributed by atoms with Crippen molar-refractivity contribution in [2.45, 2.75) is 23.5 Å². The SMILES string of the molecule is CCC(CO)Sc1ccc(Cl)c(Cl)c1. The Hall–Kier alpha value is 0.110. The van der Waals surface area contributed by atoms with Gasteiger partial charge in [-0.2, -0.15) is 0 Å². The van der Waals surface area contributed by atoms with Crippen LogP contribution < -0.4 is 0 Å². The van der Waals surface area contributed by atoms with E-state index in [2.05, 4.69) is 0 Å². The average molecular weight is 251 g/mol. The maximum absolute atomic E-state index is 9.03. The molecule has 4 heteroatoms. The summed E-state index contributed by atoms with van der Waals surface area (Å²) in [7, 11) is 0. The third kappa shape index (κ3) is 3.35. The second kappa shape index (κ2) is 5.86. The van der Waals surface area contributed by atoms with E-state index in [0.29, 0.717) is 10.0 Å². The first kappa shape index (κ1) is 12.2.